The first-order valence-corrected chi connectivity index (χ1v) is 10.8. The van der Waals surface area contributed by atoms with E-state index in [1.807, 2.05) is 38.1 Å². The molecule has 4 rings (SSSR count). The third-order valence-corrected chi connectivity index (χ3v) is 5.96. The Bertz CT molecular complexity index is 1300. The molecular weight excluding hydrogens is 424 g/mol. The van der Waals surface area contributed by atoms with Crippen molar-refractivity contribution in [2.24, 2.45) is 0 Å². The summed E-state index contributed by atoms with van der Waals surface area (Å²) in [6.45, 7) is 3.96. The van der Waals surface area contributed by atoms with Gasteiger partial charge in [-0.05, 0) is 49.2 Å². The number of rotatable bonds is 5. The number of hydrogen-bond acceptors (Lipinski definition) is 5. The number of ether oxygens (including phenoxy) is 1. The maximum Gasteiger partial charge on any atom is 0.323 e. The molecule has 3 amide bonds. The summed E-state index contributed by atoms with van der Waals surface area (Å²) in [6, 6.07) is 17.8. The molecule has 4 aromatic rings. The van der Waals surface area contributed by atoms with Gasteiger partial charge in [0.05, 0.1) is 11.8 Å². The number of hydrogen-bond donors (Lipinski definition) is 3. The summed E-state index contributed by atoms with van der Waals surface area (Å²) in [5.41, 5.74) is 4.57. The standard InChI is InChI=1S/C24H22N4O3S/c1-14-8-7-11-18(15(14)2)26-23(30)25-17-12-19(31-3)21-20(13-17)32-24(27-21)28-22(29)16-9-5-4-6-10-16/h4-13H,1-3H3,(H2,25,26,30)(H,27,28,29). The average Bonchev–Trinajstić information content (AvgIpc) is 3.19. The molecule has 7 nitrogen and oxygen atoms in total. The monoisotopic (exact) mass is 446 g/mol. The molecule has 32 heavy (non-hydrogen) atoms. The van der Waals surface area contributed by atoms with Crippen molar-refractivity contribution in [1.29, 1.82) is 0 Å². The Morgan fingerprint density at radius 1 is 0.938 bits per heavy atom. The van der Waals surface area contributed by atoms with Gasteiger partial charge in [-0.25, -0.2) is 9.78 Å². The van der Waals surface area contributed by atoms with E-state index in [1.54, 1.807) is 36.4 Å². The zero-order chi connectivity index (χ0) is 22.7. The van der Waals surface area contributed by atoms with Crippen molar-refractivity contribution in [1.82, 2.24) is 4.98 Å². The number of methoxy groups -OCH3 is 1. The minimum Gasteiger partial charge on any atom is -0.494 e. The Labute approximate surface area is 189 Å². The second-order valence-corrected chi connectivity index (χ2v) is 8.22. The normalized spacial score (nSPS) is 10.6. The maximum atomic E-state index is 12.6. The zero-order valence-corrected chi connectivity index (χ0v) is 18.7. The van der Waals surface area contributed by atoms with Crippen LogP contribution in [0.1, 0.15) is 21.5 Å². The molecule has 0 unspecified atom stereocenters. The zero-order valence-electron chi connectivity index (χ0n) is 17.9. The fraction of sp³-hybridized carbons (Fsp3) is 0.125. The van der Waals surface area contributed by atoms with E-state index in [2.05, 4.69) is 20.9 Å². The first kappa shape index (κ1) is 21.3. The average molecular weight is 447 g/mol. The number of nitrogens with zero attached hydrogens (tertiary/aromatic N) is 1. The summed E-state index contributed by atoms with van der Waals surface area (Å²) in [6.07, 6.45) is 0. The van der Waals surface area contributed by atoms with Gasteiger partial charge in [0.1, 0.15) is 11.3 Å². The van der Waals surface area contributed by atoms with E-state index in [1.165, 1.54) is 18.4 Å². The molecule has 0 aliphatic rings. The molecule has 8 heteroatoms. The van der Waals surface area contributed by atoms with Crippen LogP contribution in [0, 0.1) is 13.8 Å². The molecule has 0 atom stereocenters. The second-order valence-electron chi connectivity index (χ2n) is 7.19. The van der Waals surface area contributed by atoms with E-state index >= 15 is 0 Å². The Hall–Kier alpha value is -3.91. The number of urea groups is 1. The van der Waals surface area contributed by atoms with Crippen molar-refractivity contribution in [2.45, 2.75) is 13.8 Å². The fourth-order valence-electron chi connectivity index (χ4n) is 3.21. The molecule has 162 valence electrons. The number of amides is 3. The lowest BCUT2D eigenvalue weighted by atomic mass is 10.1. The molecule has 3 N–H and O–H groups in total. The van der Waals surface area contributed by atoms with Gasteiger partial charge in [-0.15, -0.1) is 0 Å². The first-order chi connectivity index (χ1) is 15.4. The molecular formula is C24H22N4O3S. The van der Waals surface area contributed by atoms with Gasteiger partial charge >= 0.3 is 6.03 Å². The number of aryl methyl sites for hydroxylation is 1. The number of benzene rings is 3. The molecule has 0 saturated heterocycles. The number of aromatic nitrogens is 1. The highest BCUT2D eigenvalue weighted by molar-refractivity contribution is 7.22. The molecule has 0 aliphatic heterocycles. The summed E-state index contributed by atoms with van der Waals surface area (Å²) in [4.78, 5) is 29.5. The van der Waals surface area contributed by atoms with Crippen molar-refractivity contribution in [2.75, 3.05) is 23.1 Å². The van der Waals surface area contributed by atoms with E-state index in [0.717, 1.165) is 21.5 Å². The van der Waals surface area contributed by atoms with Gasteiger partial charge in [-0.2, -0.15) is 0 Å². The van der Waals surface area contributed by atoms with E-state index in [0.29, 0.717) is 27.6 Å². The van der Waals surface area contributed by atoms with E-state index in [-0.39, 0.29) is 11.9 Å². The van der Waals surface area contributed by atoms with E-state index < -0.39 is 0 Å². The predicted octanol–water partition coefficient (Wildman–Crippen LogP) is 5.82. The maximum absolute atomic E-state index is 12.6. The first-order valence-electron chi connectivity index (χ1n) is 9.94. The summed E-state index contributed by atoms with van der Waals surface area (Å²) in [7, 11) is 1.54. The van der Waals surface area contributed by atoms with Gasteiger partial charge in [0.2, 0.25) is 0 Å². The lowest BCUT2D eigenvalue weighted by Crippen LogP contribution is -2.20. The van der Waals surface area contributed by atoms with Crippen LogP contribution in [0.25, 0.3) is 10.2 Å². The lowest BCUT2D eigenvalue weighted by Gasteiger charge is -2.12. The van der Waals surface area contributed by atoms with Crippen LogP contribution in [0.3, 0.4) is 0 Å². The molecule has 0 saturated carbocycles. The van der Waals surface area contributed by atoms with Crippen LogP contribution in [0.15, 0.2) is 60.7 Å². The van der Waals surface area contributed by atoms with Gasteiger partial charge < -0.3 is 15.4 Å². The highest BCUT2D eigenvalue weighted by Gasteiger charge is 2.15. The SMILES string of the molecule is COc1cc(NC(=O)Nc2cccc(C)c2C)cc2sc(NC(=O)c3ccccc3)nc12. The molecule has 0 spiro atoms. The van der Waals surface area contributed by atoms with Gasteiger partial charge in [-0.3, -0.25) is 10.1 Å². The number of nitrogens with one attached hydrogen (secondary N) is 3. The van der Waals surface area contributed by atoms with E-state index in [4.69, 9.17) is 4.74 Å². The highest BCUT2D eigenvalue weighted by Crippen LogP contribution is 2.35. The van der Waals surface area contributed by atoms with Crippen molar-refractivity contribution >= 4 is 50.0 Å². The van der Waals surface area contributed by atoms with Crippen LogP contribution in [0.2, 0.25) is 0 Å². The molecule has 0 fully saturated rings. The topological polar surface area (TPSA) is 92.4 Å². The third kappa shape index (κ3) is 4.55. The third-order valence-electron chi connectivity index (χ3n) is 5.05. The fourth-order valence-corrected chi connectivity index (χ4v) is 4.13. The van der Waals surface area contributed by atoms with Gasteiger partial charge in [0.25, 0.3) is 5.91 Å². The summed E-state index contributed by atoms with van der Waals surface area (Å²) < 4.78 is 6.24. The van der Waals surface area contributed by atoms with Gasteiger partial charge in [0, 0.05) is 23.0 Å². The Balaban J connectivity index is 1.55. The number of anilines is 3. The smallest absolute Gasteiger partial charge is 0.323 e. The lowest BCUT2D eigenvalue weighted by molar-refractivity contribution is 0.102. The number of fused-ring (bicyclic) bond motifs is 1. The Morgan fingerprint density at radius 2 is 1.72 bits per heavy atom. The molecule has 3 aromatic carbocycles. The number of carbonyl (C=O) groups is 2. The van der Waals surface area contributed by atoms with Crippen molar-refractivity contribution in [3.8, 4) is 5.75 Å². The Kier molecular flexibility index (Phi) is 6.04. The van der Waals surface area contributed by atoms with Crippen LogP contribution in [0.5, 0.6) is 5.75 Å². The number of carbonyl (C=O) groups excluding carboxylic acids is 2. The summed E-state index contributed by atoms with van der Waals surface area (Å²) >= 11 is 1.30. The second kappa shape index (κ2) is 9.07. The summed E-state index contributed by atoms with van der Waals surface area (Å²) in [5.74, 6) is 0.260. The molecule has 1 heterocycles. The van der Waals surface area contributed by atoms with Crippen molar-refractivity contribution in [3.63, 3.8) is 0 Å². The van der Waals surface area contributed by atoms with Crippen LogP contribution < -0.4 is 20.7 Å². The van der Waals surface area contributed by atoms with Crippen molar-refractivity contribution < 1.29 is 14.3 Å². The number of thiazole rings is 1. The molecule has 1 aromatic heterocycles. The minimum absolute atomic E-state index is 0.241. The Morgan fingerprint density at radius 3 is 2.47 bits per heavy atom. The van der Waals surface area contributed by atoms with E-state index in [9.17, 15) is 9.59 Å². The quantitative estimate of drug-likeness (QED) is 0.360. The highest BCUT2D eigenvalue weighted by atomic mass is 32.1. The summed E-state index contributed by atoms with van der Waals surface area (Å²) in [5, 5.41) is 8.98. The van der Waals surface area contributed by atoms with Gasteiger partial charge in [-0.1, -0.05) is 41.7 Å². The predicted molar refractivity (Wildman–Crippen MR) is 129 cm³/mol. The minimum atomic E-state index is -0.359. The van der Waals surface area contributed by atoms with Crippen molar-refractivity contribution in [3.05, 3.63) is 77.4 Å². The van der Waals surface area contributed by atoms with Gasteiger partial charge in [0.15, 0.2) is 5.13 Å². The molecule has 0 aliphatic carbocycles. The molecule has 0 bridgehead atoms. The van der Waals surface area contributed by atoms with Crippen LogP contribution in [0.4, 0.5) is 21.3 Å². The molecule has 0 radical (unpaired) electrons. The van der Waals surface area contributed by atoms with Crippen LogP contribution in [-0.2, 0) is 0 Å². The largest absolute Gasteiger partial charge is 0.494 e. The van der Waals surface area contributed by atoms with Crippen LogP contribution in [-0.4, -0.2) is 24.0 Å². The van der Waals surface area contributed by atoms with Crippen LogP contribution >= 0.6 is 11.3 Å².